The van der Waals surface area contributed by atoms with Crippen molar-refractivity contribution in [1.82, 2.24) is 4.98 Å². The highest BCUT2D eigenvalue weighted by molar-refractivity contribution is 8.93. The lowest BCUT2D eigenvalue weighted by Gasteiger charge is -2.04. The largest absolute Gasteiger partial charge is 0.480 e. The number of rotatable bonds is 5. The number of methoxy groups -OCH3 is 1. The molecule has 0 spiro atoms. The first kappa shape index (κ1) is 14.9. The summed E-state index contributed by atoms with van der Waals surface area (Å²) in [5.74, 6) is 0. The molecule has 2 rings (SSSR count). The molecule has 0 atom stereocenters. The Morgan fingerprint density at radius 1 is 1.22 bits per heavy atom. The Labute approximate surface area is 121 Å². The molecule has 1 heterocycles. The number of hydrogen-bond donors (Lipinski definition) is 1. The summed E-state index contributed by atoms with van der Waals surface area (Å²) < 4.78 is 10.5. The normalized spacial score (nSPS) is 9.83. The third kappa shape index (κ3) is 3.69. The van der Waals surface area contributed by atoms with Gasteiger partial charge in [0.2, 0.25) is 5.06 Å². The van der Waals surface area contributed by atoms with E-state index in [9.17, 15) is 0 Å². The molecule has 0 aliphatic rings. The van der Waals surface area contributed by atoms with Crippen molar-refractivity contribution in [3.8, 4) is 16.3 Å². The zero-order chi connectivity index (χ0) is 12.1. The van der Waals surface area contributed by atoms with Crippen molar-refractivity contribution in [1.29, 1.82) is 0 Å². The summed E-state index contributed by atoms with van der Waals surface area (Å²) in [5.41, 5.74) is 7.52. The van der Waals surface area contributed by atoms with Gasteiger partial charge in [-0.3, -0.25) is 0 Å². The lowest BCUT2D eigenvalue weighted by atomic mass is 10.2. The summed E-state index contributed by atoms with van der Waals surface area (Å²) in [4.78, 5) is 4.29. The first-order chi connectivity index (χ1) is 8.31. The van der Waals surface area contributed by atoms with E-state index >= 15 is 0 Å². The van der Waals surface area contributed by atoms with Crippen LogP contribution in [0.2, 0.25) is 0 Å². The van der Waals surface area contributed by atoms with Crippen molar-refractivity contribution >= 4 is 33.4 Å². The van der Waals surface area contributed by atoms with Gasteiger partial charge in [0.25, 0.3) is 0 Å². The van der Waals surface area contributed by atoms with Gasteiger partial charge in [-0.15, -0.1) is 17.0 Å². The summed E-state index contributed by atoms with van der Waals surface area (Å²) >= 11 is 1.35. The zero-order valence-corrected chi connectivity index (χ0v) is 12.5. The van der Waals surface area contributed by atoms with Crippen LogP contribution in [-0.4, -0.2) is 25.3 Å². The molecule has 0 aliphatic heterocycles. The van der Waals surface area contributed by atoms with Crippen molar-refractivity contribution in [3.05, 3.63) is 30.3 Å². The number of ether oxygens (including phenoxy) is 2. The molecule has 2 aromatic rings. The first-order valence-electron chi connectivity index (χ1n) is 5.24. The summed E-state index contributed by atoms with van der Waals surface area (Å²) in [6.45, 7) is 1.05. The van der Waals surface area contributed by atoms with E-state index in [1.54, 1.807) is 7.11 Å². The van der Waals surface area contributed by atoms with Crippen LogP contribution in [-0.2, 0) is 4.74 Å². The Kier molecular flexibility index (Phi) is 6.11. The van der Waals surface area contributed by atoms with Crippen LogP contribution in [0.25, 0.3) is 11.3 Å². The van der Waals surface area contributed by atoms with Gasteiger partial charge in [0, 0.05) is 12.7 Å². The molecule has 0 radical (unpaired) electrons. The molecule has 1 aromatic carbocycles. The van der Waals surface area contributed by atoms with Crippen molar-refractivity contribution in [2.75, 3.05) is 26.1 Å². The molecule has 2 N–H and O–H groups in total. The Morgan fingerprint density at radius 3 is 2.61 bits per heavy atom. The highest BCUT2D eigenvalue weighted by Gasteiger charge is 2.12. The SMILES string of the molecule is Br.COCCOc1sc(N)nc1-c1ccccc1. The van der Waals surface area contributed by atoms with Gasteiger partial charge in [-0.1, -0.05) is 41.7 Å². The number of nitrogen functional groups attached to an aromatic ring is 1. The molecule has 4 nitrogen and oxygen atoms in total. The van der Waals surface area contributed by atoms with E-state index in [2.05, 4.69) is 4.98 Å². The Hall–Kier alpha value is -1.11. The topological polar surface area (TPSA) is 57.4 Å². The minimum absolute atomic E-state index is 0. The quantitative estimate of drug-likeness (QED) is 0.856. The van der Waals surface area contributed by atoms with Gasteiger partial charge in [0.1, 0.15) is 12.3 Å². The van der Waals surface area contributed by atoms with Crippen LogP contribution in [0, 0.1) is 0 Å². The Bertz CT molecular complexity index is 476. The maximum Gasteiger partial charge on any atom is 0.204 e. The molecule has 0 saturated heterocycles. The fraction of sp³-hybridized carbons (Fsp3) is 0.250. The second kappa shape index (κ2) is 7.35. The van der Waals surface area contributed by atoms with Crippen LogP contribution in [0.3, 0.4) is 0 Å². The van der Waals surface area contributed by atoms with Crippen molar-refractivity contribution in [2.24, 2.45) is 0 Å². The number of nitrogens with zero attached hydrogens (tertiary/aromatic N) is 1. The van der Waals surface area contributed by atoms with E-state index in [1.165, 1.54) is 11.3 Å². The Balaban J connectivity index is 0.00000162. The Morgan fingerprint density at radius 2 is 1.94 bits per heavy atom. The van der Waals surface area contributed by atoms with Gasteiger partial charge in [0.15, 0.2) is 5.13 Å². The fourth-order valence-electron chi connectivity index (χ4n) is 1.42. The van der Waals surface area contributed by atoms with Crippen molar-refractivity contribution < 1.29 is 9.47 Å². The lowest BCUT2D eigenvalue weighted by molar-refractivity contribution is 0.148. The van der Waals surface area contributed by atoms with Gasteiger partial charge in [-0.25, -0.2) is 4.98 Å². The van der Waals surface area contributed by atoms with Crippen molar-refractivity contribution in [2.45, 2.75) is 0 Å². The summed E-state index contributed by atoms with van der Waals surface area (Å²) in [6, 6.07) is 9.85. The smallest absolute Gasteiger partial charge is 0.204 e. The number of anilines is 1. The minimum atomic E-state index is 0. The van der Waals surface area contributed by atoms with Crippen LogP contribution in [0.15, 0.2) is 30.3 Å². The number of aromatic nitrogens is 1. The highest BCUT2D eigenvalue weighted by Crippen LogP contribution is 2.36. The van der Waals surface area contributed by atoms with E-state index in [-0.39, 0.29) is 17.0 Å². The molecule has 98 valence electrons. The third-order valence-corrected chi connectivity index (χ3v) is 2.98. The van der Waals surface area contributed by atoms with Crippen LogP contribution in [0.5, 0.6) is 5.06 Å². The predicted octanol–water partition coefficient (Wildman–Crippen LogP) is 3.00. The van der Waals surface area contributed by atoms with Crippen LogP contribution in [0.4, 0.5) is 5.13 Å². The minimum Gasteiger partial charge on any atom is -0.480 e. The predicted molar refractivity (Wildman–Crippen MR) is 79.7 cm³/mol. The fourth-order valence-corrected chi connectivity index (χ4v) is 2.15. The van der Waals surface area contributed by atoms with E-state index in [0.29, 0.717) is 18.3 Å². The standard InChI is InChI=1S/C12H14N2O2S.BrH/c1-15-7-8-16-11-10(14-12(13)17-11)9-5-3-2-4-6-9;/h2-6H,7-8H2,1H3,(H2,13,14);1H. The number of thiazole rings is 1. The number of halogens is 1. The van der Waals surface area contributed by atoms with E-state index in [1.807, 2.05) is 30.3 Å². The number of hydrogen-bond acceptors (Lipinski definition) is 5. The van der Waals surface area contributed by atoms with Gasteiger partial charge in [0.05, 0.1) is 6.61 Å². The molecule has 0 saturated carbocycles. The van der Waals surface area contributed by atoms with Crippen molar-refractivity contribution in [3.63, 3.8) is 0 Å². The maximum atomic E-state index is 5.72. The molecule has 0 unspecified atom stereocenters. The lowest BCUT2D eigenvalue weighted by Crippen LogP contribution is -2.03. The first-order valence-corrected chi connectivity index (χ1v) is 6.06. The van der Waals surface area contributed by atoms with Crippen LogP contribution in [0.1, 0.15) is 0 Å². The summed E-state index contributed by atoms with van der Waals surface area (Å²) in [7, 11) is 1.64. The molecule has 0 amide bonds. The van der Waals surface area contributed by atoms with Gasteiger partial charge < -0.3 is 15.2 Å². The second-order valence-electron chi connectivity index (χ2n) is 3.40. The molecular formula is C12H15BrN2O2S. The third-order valence-electron chi connectivity index (χ3n) is 2.18. The highest BCUT2D eigenvalue weighted by atomic mass is 79.9. The molecule has 18 heavy (non-hydrogen) atoms. The average Bonchev–Trinajstić information content (AvgIpc) is 2.72. The van der Waals surface area contributed by atoms with Gasteiger partial charge in [-0.2, -0.15) is 0 Å². The molecular weight excluding hydrogens is 316 g/mol. The molecule has 1 aromatic heterocycles. The monoisotopic (exact) mass is 330 g/mol. The van der Waals surface area contributed by atoms with E-state index in [4.69, 9.17) is 15.2 Å². The van der Waals surface area contributed by atoms with Crippen LogP contribution < -0.4 is 10.5 Å². The second-order valence-corrected chi connectivity index (χ2v) is 4.39. The van der Waals surface area contributed by atoms with Gasteiger partial charge >= 0.3 is 0 Å². The van der Waals surface area contributed by atoms with Gasteiger partial charge in [-0.05, 0) is 0 Å². The van der Waals surface area contributed by atoms with E-state index < -0.39 is 0 Å². The number of nitrogens with two attached hydrogens (primary N) is 1. The number of benzene rings is 1. The van der Waals surface area contributed by atoms with E-state index in [0.717, 1.165) is 16.3 Å². The average molecular weight is 331 g/mol. The molecule has 0 bridgehead atoms. The summed E-state index contributed by atoms with van der Waals surface area (Å²) in [5, 5.41) is 1.25. The zero-order valence-electron chi connectivity index (χ0n) is 9.96. The molecule has 6 heteroatoms. The summed E-state index contributed by atoms with van der Waals surface area (Å²) in [6.07, 6.45) is 0. The molecule has 0 aliphatic carbocycles. The maximum absolute atomic E-state index is 5.72. The molecule has 0 fully saturated rings. The van der Waals surface area contributed by atoms with Crippen LogP contribution >= 0.6 is 28.3 Å².